The topological polar surface area (TPSA) is 139 Å². The molecule has 33 heavy (non-hydrogen) atoms. The Bertz CT molecular complexity index is 1530. The summed E-state index contributed by atoms with van der Waals surface area (Å²) in [5, 5.41) is 25.2. The minimum atomic E-state index is -1.18. The van der Waals surface area contributed by atoms with Gasteiger partial charge in [-0.3, -0.25) is 0 Å². The van der Waals surface area contributed by atoms with Gasteiger partial charge in [-0.25, -0.2) is 24.5 Å². The number of nitrogens with two attached hydrogens (primary N) is 1. The number of halogens is 1. The van der Waals surface area contributed by atoms with Gasteiger partial charge in [-0.05, 0) is 24.3 Å². The lowest BCUT2D eigenvalue weighted by Gasteiger charge is -2.12. The highest BCUT2D eigenvalue weighted by atomic mass is 35.5. The van der Waals surface area contributed by atoms with E-state index in [0.29, 0.717) is 38.8 Å². The van der Waals surface area contributed by atoms with Crippen molar-refractivity contribution in [2.24, 2.45) is 0 Å². The summed E-state index contributed by atoms with van der Waals surface area (Å²) in [7, 11) is 0. The zero-order valence-corrected chi connectivity index (χ0v) is 17.7. The van der Waals surface area contributed by atoms with Crippen LogP contribution >= 0.6 is 11.6 Å². The number of hydrogen-bond donors (Lipinski definition) is 2. The van der Waals surface area contributed by atoms with Crippen LogP contribution in [0, 0.1) is 11.3 Å². The van der Waals surface area contributed by atoms with Gasteiger partial charge in [0.15, 0.2) is 17.3 Å². The number of fused-ring (bicyclic) bond motifs is 1. The predicted molar refractivity (Wildman–Crippen MR) is 122 cm³/mol. The molecule has 1 unspecified atom stereocenters. The molecule has 9 nitrogen and oxygen atoms in total. The number of benzene rings is 2. The molecule has 160 valence electrons. The van der Waals surface area contributed by atoms with Gasteiger partial charge in [-0.15, -0.1) is 5.10 Å². The van der Waals surface area contributed by atoms with Crippen LogP contribution in [0.5, 0.6) is 0 Å². The fourth-order valence-corrected chi connectivity index (χ4v) is 3.76. The van der Waals surface area contributed by atoms with Gasteiger partial charge in [-0.2, -0.15) is 5.26 Å². The third-order valence-corrected chi connectivity index (χ3v) is 5.40. The average molecular weight is 455 g/mol. The molecule has 3 heterocycles. The summed E-state index contributed by atoms with van der Waals surface area (Å²) in [6.45, 7) is 0. The molecule has 3 aromatic heterocycles. The summed E-state index contributed by atoms with van der Waals surface area (Å²) in [5.41, 5.74) is 9.56. The molecule has 0 fully saturated rings. The predicted octanol–water partition coefficient (Wildman–Crippen LogP) is 3.44. The molecule has 5 rings (SSSR count). The van der Waals surface area contributed by atoms with Gasteiger partial charge >= 0.3 is 0 Å². The highest BCUT2D eigenvalue weighted by Crippen LogP contribution is 2.33. The highest BCUT2D eigenvalue weighted by molar-refractivity contribution is 6.31. The number of aromatic nitrogens is 6. The van der Waals surface area contributed by atoms with Crippen molar-refractivity contribution in [2.75, 3.05) is 5.73 Å². The zero-order chi connectivity index (χ0) is 22.9. The van der Waals surface area contributed by atoms with Gasteiger partial charge < -0.3 is 10.8 Å². The number of nitrogen functional groups attached to an aromatic ring is 1. The van der Waals surface area contributed by atoms with E-state index in [1.807, 2.05) is 6.07 Å². The SMILES string of the molecule is N#Cc1cccc(-c2nc(N)c3nc(C(O)c4ccccc4Cl)nn3c2-c2ccncn2)c1. The second kappa shape index (κ2) is 8.27. The van der Waals surface area contributed by atoms with E-state index in [4.69, 9.17) is 17.3 Å². The first-order valence-electron chi connectivity index (χ1n) is 9.82. The summed E-state index contributed by atoms with van der Waals surface area (Å²) < 4.78 is 1.49. The van der Waals surface area contributed by atoms with E-state index < -0.39 is 6.10 Å². The lowest BCUT2D eigenvalue weighted by atomic mass is 10.0. The van der Waals surface area contributed by atoms with Gasteiger partial charge in [0.05, 0.1) is 17.3 Å². The van der Waals surface area contributed by atoms with Crippen LogP contribution in [0.2, 0.25) is 5.02 Å². The zero-order valence-electron chi connectivity index (χ0n) is 17.0. The molecular weight excluding hydrogens is 440 g/mol. The Balaban J connectivity index is 1.79. The number of aliphatic hydroxyl groups is 1. The number of rotatable bonds is 4. The second-order valence-corrected chi connectivity index (χ2v) is 7.52. The summed E-state index contributed by atoms with van der Waals surface area (Å²) in [6, 6.07) is 17.7. The molecule has 0 saturated carbocycles. The van der Waals surface area contributed by atoms with Gasteiger partial charge in [0.2, 0.25) is 0 Å². The van der Waals surface area contributed by atoms with Crippen LogP contribution in [0.3, 0.4) is 0 Å². The van der Waals surface area contributed by atoms with Crippen LogP contribution < -0.4 is 5.73 Å². The Morgan fingerprint density at radius 3 is 2.70 bits per heavy atom. The van der Waals surface area contributed by atoms with Crippen LogP contribution in [0.15, 0.2) is 67.1 Å². The third-order valence-electron chi connectivity index (χ3n) is 5.06. The minimum absolute atomic E-state index is 0.106. The van der Waals surface area contributed by atoms with Crippen molar-refractivity contribution in [1.29, 1.82) is 5.26 Å². The first-order valence-corrected chi connectivity index (χ1v) is 10.2. The Kier molecular flexibility index (Phi) is 5.14. The van der Waals surface area contributed by atoms with Crippen molar-refractivity contribution >= 4 is 23.1 Å². The monoisotopic (exact) mass is 454 g/mol. The molecule has 0 saturated heterocycles. The first kappa shape index (κ1) is 20.5. The maximum absolute atomic E-state index is 10.9. The van der Waals surface area contributed by atoms with Crippen molar-refractivity contribution in [2.45, 2.75) is 6.10 Å². The molecule has 0 aliphatic carbocycles. The standard InChI is InChI=1S/C23H15ClN8O/c24-16-7-2-1-6-15(16)20(33)22-30-23-21(26)29-18(14-5-3-4-13(10-14)11-25)19(32(23)31-22)17-8-9-27-12-28-17/h1-10,12,20,33H,(H2,26,29). The Labute approximate surface area is 192 Å². The fraction of sp³-hybridized carbons (Fsp3) is 0.0435. The van der Waals surface area contributed by atoms with Crippen molar-refractivity contribution in [3.63, 3.8) is 0 Å². The van der Waals surface area contributed by atoms with E-state index in [1.165, 1.54) is 10.8 Å². The molecule has 10 heteroatoms. The Morgan fingerprint density at radius 2 is 1.94 bits per heavy atom. The number of aliphatic hydroxyl groups excluding tert-OH is 1. The van der Waals surface area contributed by atoms with Gasteiger partial charge in [0.25, 0.3) is 0 Å². The van der Waals surface area contributed by atoms with Crippen molar-refractivity contribution in [3.8, 4) is 28.7 Å². The quantitative estimate of drug-likeness (QED) is 0.421. The smallest absolute Gasteiger partial charge is 0.199 e. The molecule has 0 spiro atoms. The molecule has 0 aliphatic rings. The fourth-order valence-electron chi connectivity index (χ4n) is 3.52. The molecule has 0 amide bonds. The molecule has 2 aromatic carbocycles. The maximum Gasteiger partial charge on any atom is 0.199 e. The van der Waals surface area contributed by atoms with Crippen molar-refractivity contribution in [3.05, 3.63) is 89.1 Å². The van der Waals surface area contributed by atoms with Crippen LogP contribution in [-0.2, 0) is 0 Å². The largest absolute Gasteiger partial charge is 0.381 e. The van der Waals surface area contributed by atoms with Crippen molar-refractivity contribution in [1.82, 2.24) is 29.5 Å². The van der Waals surface area contributed by atoms with E-state index in [0.717, 1.165) is 0 Å². The average Bonchev–Trinajstić information content (AvgIpc) is 3.30. The lowest BCUT2D eigenvalue weighted by Crippen LogP contribution is -2.06. The van der Waals surface area contributed by atoms with Gasteiger partial charge in [0.1, 0.15) is 23.8 Å². The van der Waals surface area contributed by atoms with E-state index in [-0.39, 0.29) is 17.3 Å². The summed E-state index contributed by atoms with van der Waals surface area (Å²) in [5.74, 6) is 0.213. The second-order valence-electron chi connectivity index (χ2n) is 7.11. The van der Waals surface area contributed by atoms with Gasteiger partial charge in [-0.1, -0.05) is 41.9 Å². The van der Waals surface area contributed by atoms with Crippen LogP contribution in [0.4, 0.5) is 5.82 Å². The molecule has 0 aliphatic heterocycles. The number of anilines is 1. The minimum Gasteiger partial charge on any atom is -0.381 e. The Morgan fingerprint density at radius 1 is 1.09 bits per heavy atom. The molecule has 1 atom stereocenters. The normalized spacial score (nSPS) is 11.9. The van der Waals surface area contributed by atoms with Crippen LogP contribution in [0.25, 0.3) is 28.3 Å². The van der Waals surface area contributed by atoms with E-state index in [1.54, 1.807) is 54.7 Å². The van der Waals surface area contributed by atoms with E-state index >= 15 is 0 Å². The van der Waals surface area contributed by atoms with Gasteiger partial charge in [0, 0.05) is 22.3 Å². The summed E-state index contributed by atoms with van der Waals surface area (Å²) in [6.07, 6.45) is 1.82. The maximum atomic E-state index is 10.9. The first-order chi connectivity index (χ1) is 16.1. The molecule has 0 bridgehead atoms. The van der Waals surface area contributed by atoms with E-state index in [9.17, 15) is 10.4 Å². The highest BCUT2D eigenvalue weighted by Gasteiger charge is 2.24. The van der Waals surface area contributed by atoms with Crippen molar-refractivity contribution < 1.29 is 5.11 Å². The van der Waals surface area contributed by atoms with Crippen LogP contribution in [-0.4, -0.2) is 34.7 Å². The molecular formula is C23H15ClN8O. The van der Waals surface area contributed by atoms with Crippen LogP contribution in [0.1, 0.15) is 23.1 Å². The summed E-state index contributed by atoms with van der Waals surface area (Å²) >= 11 is 6.26. The number of hydrogen-bond acceptors (Lipinski definition) is 8. The number of nitriles is 1. The Hall–Kier alpha value is -4.39. The summed E-state index contributed by atoms with van der Waals surface area (Å²) in [4.78, 5) is 17.3. The lowest BCUT2D eigenvalue weighted by molar-refractivity contribution is 0.210. The number of nitrogens with zero attached hydrogens (tertiary/aromatic N) is 7. The molecule has 3 N–H and O–H groups in total. The molecule has 5 aromatic rings. The molecule has 0 radical (unpaired) electrons. The van der Waals surface area contributed by atoms with E-state index in [2.05, 4.69) is 31.1 Å². The third kappa shape index (κ3) is 3.63.